The zero-order valence-corrected chi connectivity index (χ0v) is 15.6. The minimum Gasteiger partial charge on any atom is -0.379 e. The largest absolute Gasteiger partial charge is 0.379 e. The van der Waals surface area contributed by atoms with Gasteiger partial charge >= 0.3 is 0 Å². The second-order valence-corrected chi connectivity index (χ2v) is 7.09. The molecule has 1 aromatic rings. The zero-order valence-electron chi connectivity index (χ0n) is 15.6. The Hall–Kier alpha value is -1.66. The van der Waals surface area contributed by atoms with E-state index in [-0.39, 0.29) is 17.3 Å². The topological polar surface area (TPSA) is 54.9 Å². The first-order chi connectivity index (χ1) is 12.7. The van der Waals surface area contributed by atoms with Crippen LogP contribution >= 0.6 is 0 Å². The number of hydrogen-bond acceptors (Lipinski definition) is 3. The molecule has 3 rings (SSSR count). The SMILES string of the molecule is CCNC(=NCC1(c2ccccc2F)CC1)NCCCOC1CCOC1. The predicted molar refractivity (Wildman–Crippen MR) is 101 cm³/mol. The minimum absolute atomic E-state index is 0.119. The van der Waals surface area contributed by atoms with E-state index in [4.69, 9.17) is 14.5 Å². The van der Waals surface area contributed by atoms with Gasteiger partial charge in [-0.25, -0.2) is 4.39 Å². The molecule has 0 bridgehead atoms. The van der Waals surface area contributed by atoms with E-state index in [9.17, 15) is 4.39 Å². The average molecular weight is 363 g/mol. The van der Waals surface area contributed by atoms with Gasteiger partial charge in [0, 0.05) is 31.7 Å². The second-order valence-electron chi connectivity index (χ2n) is 7.09. The summed E-state index contributed by atoms with van der Waals surface area (Å²) in [5, 5.41) is 6.61. The van der Waals surface area contributed by atoms with E-state index in [0.29, 0.717) is 6.54 Å². The fraction of sp³-hybridized carbons (Fsp3) is 0.650. The number of aliphatic imine (C=N–C) groups is 1. The summed E-state index contributed by atoms with van der Waals surface area (Å²) in [5.41, 5.74) is 0.672. The monoisotopic (exact) mass is 363 g/mol. The van der Waals surface area contributed by atoms with Crippen molar-refractivity contribution in [3.8, 4) is 0 Å². The van der Waals surface area contributed by atoms with E-state index in [1.165, 1.54) is 6.07 Å². The van der Waals surface area contributed by atoms with E-state index in [1.807, 2.05) is 19.1 Å². The summed E-state index contributed by atoms with van der Waals surface area (Å²) in [6, 6.07) is 7.07. The first-order valence-corrected chi connectivity index (χ1v) is 9.70. The molecule has 5 nitrogen and oxygen atoms in total. The fourth-order valence-electron chi connectivity index (χ4n) is 3.30. The van der Waals surface area contributed by atoms with E-state index >= 15 is 0 Å². The lowest BCUT2D eigenvalue weighted by Gasteiger charge is -2.17. The van der Waals surface area contributed by atoms with Crippen LogP contribution in [0.15, 0.2) is 29.3 Å². The molecule has 2 fully saturated rings. The van der Waals surface area contributed by atoms with Gasteiger partial charge < -0.3 is 20.1 Å². The molecule has 1 unspecified atom stereocenters. The Morgan fingerprint density at radius 2 is 2.19 bits per heavy atom. The molecule has 1 atom stereocenters. The Bertz CT molecular complexity index is 598. The van der Waals surface area contributed by atoms with Gasteiger partial charge in [-0.1, -0.05) is 18.2 Å². The molecular formula is C20H30FN3O2. The van der Waals surface area contributed by atoms with Crippen LogP contribution in [0.5, 0.6) is 0 Å². The van der Waals surface area contributed by atoms with Crippen molar-refractivity contribution in [1.29, 1.82) is 0 Å². The van der Waals surface area contributed by atoms with Gasteiger partial charge in [0.25, 0.3) is 0 Å². The van der Waals surface area contributed by atoms with Crippen LogP contribution < -0.4 is 10.6 Å². The van der Waals surface area contributed by atoms with Gasteiger partial charge in [0.2, 0.25) is 0 Å². The second kappa shape index (κ2) is 9.33. The quantitative estimate of drug-likeness (QED) is 0.402. The molecule has 1 aliphatic heterocycles. The van der Waals surface area contributed by atoms with Crippen molar-refractivity contribution in [2.75, 3.05) is 39.5 Å². The van der Waals surface area contributed by atoms with Gasteiger partial charge in [0.15, 0.2) is 5.96 Å². The highest BCUT2D eigenvalue weighted by Crippen LogP contribution is 2.49. The highest BCUT2D eigenvalue weighted by Gasteiger charge is 2.45. The first-order valence-electron chi connectivity index (χ1n) is 9.70. The first kappa shape index (κ1) is 19.1. The van der Waals surface area contributed by atoms with Crippen LogP contribution in [-0.2, 0) is 14.9 Å². The van der Waals surface area contributed by atoms with Gasteiger partial charge in [-0.15, -0.1) is 0 Å². The third kappa shape index (κ3) is 5.17. The third-order valence-corrected chi connectivity index (χ3v) is 5.04. The molecule has 2 aliphatic rings. The number of hydrogen-bond donors (Lipinski definition) is 2. The zero-order chi connectivity index (χ0) is 18.2. The van der Waals surface area contributed by atoms with Crippen molar-refractivity contribution >= 4 is 5.96 Å². The lowest BCUT2D eigenvalue weighted by Crippen LogP contribution is -2.38. The van der Waals surface area contributed by atoms with Gasteiger partial charge in [-0.3, -0.25) is 4.99 Å². The Morgan fingerprint density at radius 3 is 2.88 bits per heavy atom. The maximum Gasteiger partial charge on any atom is 0.191 e. The summed E-state index contributed by atoms with van der Waals surface area (Å²) < 4.78 is 25.2. The fourth-order valence-corrected chi connectivity index (χ4v) is 3.30. The predicted octanol–water partition coefficient (Wildman–Crippen LogP) is 2.61. The number of ether oxygens (including phenoxy) is 2. The molecule has 1 aromatic carbocycles. The molecule has 1 saturated carbocycles. The Labute approximate surface area is 155 Å². The Balaban J connectivity index is 1.45. The third-order valence-electron chi connectivity index (χ3n) is 5.04. The van der Waals surface area contributed by atoms with Crippen LogP contribution in [0, 0.1) is 5.82 Å². The van der Waals surface area contributed by atoms with E-state index < -0.39 is 0 Å². The number of nitrogens with one attached hydrogen (secondary N) is 2. The van der Waals surface area contributed by atoms with Crippen LogP contribution in [0.1, 0.15) is 38.2 Å². The normalized spacial score (nSPS) is 21.6. The summed E-state index contributed by atoms with van der Waals surface area (Å²) in [6.07, 6.45) is 4.16. The lowest BCUT2D eigenvalue weighted by molar-refractivity contribution is 0.0420. The smallest absolute Gasteiger partial charge is 0.191 e. The minimum atomic E-state index is -0.126. The van der Waals surface area contributed by atoms with Crippen molar-refractivity contribution in [3.63, 3.8) is 0 Å². The number of halogens is 1. The number of nitrogens with zero attached hydrogens (tertiary/aromatic N) is 1. The average Bonchev–Trinajstić information content (AvgIpc) is 3.25. The Morgan fingerprint density at radius 1 is 1.35 bits per heavy atom. The van der Waals surface area contributed by atoms with Gasteiger partial charge in [-0.05, 0) is 44.2 Å². The van der Waals surface area contributed by atoms with Crippen LogP contribution in [0.25, 0.3) is 0 Å². The highest BCUT2D eigenvalue weighted by molar-refractivity contribution is 5.79. The molecule has 2 N–H and O–H groups in total. The van der Waals surface area contributed by atoms with E-state index in [1.54, 1.807) is 6.07 Å². The maximum atomic E-state index is 14.1. The molecule has 1 aliphatic carbocycles. The molecule has 1 heterocycles. The summed E-state index contributed by atoms with van der Waals surface area (Å²) in [7, 11) is 0. The molecule has 0 amide bonds. The molecular weight excluding hydrogens is 333 g/mol. The van der Waals surface area contributed by atoms with E-state index in [0.717, 1.165) is 70.1 Å². The number of rotatable bonds is 9. The molecule has 0 radical (unpaired) electrons. The van der Waals surface area contributed by atoms with Crippen molar-refractivity contribution in [1.82, 2.24) is 10.6 Å². The maximum absolute atomic E-state index is 14.1. The summed E-state index contributed by atoms with van der Waals surface area (Å²) >= 11 is 0. The van der Waals surface area contributed by atoms with Crippen LogP contribution in [0.4, 0.5) is 4.39 Å². The highest BCUT2D eigenvalue weighted by atomic mass is 19.1. The van der Waals surface area contributed by atoms with Crippen molar-refractivity contribution in [3.05, 3.63) is 35.6 Å². The van der Waals surface area contributed by atoms with Gasteiger partial charge in [0.1, 0.15) is 5.82 Å². The standard InChI is InChI=1S/C20H30FN3O2/c1-2-22-19(23-11-5-12-26-16-8-13-25-14-16)24-15-20(9-10-20)17-6-3-4-7-18(17)21/h3-4,6-7,16H,2,5,8-15H2,1H3,(H2,22,23,24). The van der Waals surface area contributed by atoms with Crippen molar-refractivity contribution < 1.29 is 13.9 Å². The Kier molecular flexibility index (Phi) is 6.86. The van der Waals surface area contributed by atoms with Crippen molar-refractivity contribution in [2.45, 2.75) is 44.1 Å². The van der Waals surface area contributed by atoms with Crippen molar-refractivity contribution in [2.24, 2.45) is 4.99 Å². The number of guanidine groups is 1. The van der Waals surface area contributed by atoms with Crippen LogP contribution in [-0.4, -0.2) is 51.5 Å². The van der Waals surface area contributed by atoms with Crippen LogP contribution in [0.3, 0.4) is 0 Å². The lowest BCUT2D eigenvalue weighted by atomic mass is 9.95. The molecule has 26 heavy (non-hydrogen) atoms. The van der Waals surface area contributed by atoms with Gasteiger partial charge in [-0.2, -0.15) is 0 Å². The summed E-state index contributed by atoms with van der Waals surface area (Å²) in [4.78, 5) is 4.71. The molecule has 0 spiro atoms. The van der Waals surface area contributed by atoms with Gasteiger partial charge in [0.05, 0.1) is 19.3 Å². The number of benzene rings is 1. The summed E-state index contributed by atoms with van der Waals surface area (Å²) in [5.74, 6) is 0.672. The van der Waals surface area contributed by atoms with Crippen LogP contribution in [0.2, 0.25) is 0 Å². The molecule has 1 saturated heterocycles. The molecule has 6 heteroatoms. The van der Waals surface area contributed by atoms with E-state index in [2.05, 4.69) is 10.6 Å². The summed E-state index contributed by atoms with van der Waals surface area (Å²) in [6.45, 7) is 6.50. The molecule has 144 valence electrons. The molecule has 0 aromatic heterocycles.